The van der Waals surface area contributed by atoms with Crippen LogP contribution in [-0.4, -0.2) is 31.6 Å². The van der Waals surface area contributed by atoms with E-state index < -0.39 is 10.0 Å². The molecule has 1 amide bonds. The first-order chi connectivity index (χ1) is 14.4. The second-order valence-corrected chi connectivity index (χ2v) is 9.72. The molecule has 0 radical (unpaired) electrons. The Hall–Kier alpha value is -2.41. The number of rotatable bonds is 7. The van der Waals surface area contributed by atoms with E-state index in [9.17, 15) is 18.5 Å². The van der Waals surface area contributed by atoms with E-state index in [2.05, 4.69) is 16.4 Å². The molecule has 9 heteroatoms. The maximum atomic E-state index is 12.2. The summed E-state index contributed by atoms with van der Waals surface area (Å²) in [7, 11) is -3.70. The van der Waals surface area contributed by atoms with Crippen LogP contribution in [-0.2, 0) is 34.1 Å². The van der Waals surface area contributed by atoms with Gasteiger partial charge in [-0.1, -0.05) is 30.3 Å². The fraction of sp³-hybridized carbons (Fsp3) is 0.381. The van der Waals surface area contributed by atoms with Gasteiger partial charge in [0.25, 0.3) is 0 Å². The van der Waals surface area contributed by atoms with Crippen LogP contribution in [0, 0.1) is 11.3 Å². The van der Waals surface area contributed by atoms with E-state index in [1.165, 1.54) is 30.3 Å². The molecule has 0 saturated carbocycles. The minimum Gasteiger partial charge on any atom is -0.355 e. The molecule has 0 unspecified atom stereocenters. The van der Waals surface area contributed by atoms with Gasteiger partial charge in [-0.05, 0) is 61.4 Å². The van der Waals surface area contributed by atoms with Crippen molar-refractivity contribution in [3.8, 4) is 6.07 Å². The Morgan fingerprint density at radius 3 is 2.63 bits per heavy atom. The molecule has 0 spiro atoms. The predicted molar refractivity (Wildman–Crippen MR) is 115 cm³/mol. The number of thioether (sulfide) groups is 1. The van der Waals surface area contributed by atoms with Crippen molar-refractivity contribution in [2.24, 2.45) is 5.14 Å². The summed E-state index contributed by atoms with van der Waals surface area (Å²) in [5.74, 6) is 0.0481. The zero-order valence-corrected chi connectivity index (χ0v) is 18.2. The average molecular weight is 445 g/mol. The highest BCUT2D eigenvalue weighted by molar-refractivity contribution is 8.00. The molecule has 3 rings (SSSR count). The molecule has 0 atom stereocenters. The molecule has 1 aliphatic carbocycles. The Kier molecular flexibility index (Phi) is 7.48. The van der Waals surface area contributed by atoms with E-state index in [-0.39, 0.29) is 16.6 Å². The third kappa shape index (κ3) is 6.05. The summed E-state index contributed by atoms with van der Waals surface area (Å²) in [5.41, 5.74) is 3.64. The first-order valence-corrected chi connectivity index (χ1v) is 12.3. The molecule has 0 saturated heterocycles. The smallest absolute Gasteiger partial charge is 0.238 e. The number of benzene rings is 1. The molecule has 2 aromatic rings. The lowest BCUT2D eigenvalue weighted by atomic mass is 10.1. The van der Waals surface area contributed by atoms with E-state index in [0.29, 0.717) is 23.6 Å². The molecular formula is C21H24N4O3S2. The first-order valence-electron chi connectivity index (χ1n) is 9.81. The third-order valence-corrected chi connectivity index (χ3v) is 6.88. The molecule has 1 aromatic carbocycles. The number of nitrogens with one attached hydrogen (secondary N) is 1. The van der Waals surface area contributed by atoms with Gasteiger partial charge in [-0.2, -0.15) is 5.26 Å². The van der Waals surface area contributed by atoms with Crippen LogP contribution < -0.4 is 10.5 Å². The van der Waals surface area contributed by atoms with Crippen LogP contribution in [0.25, 0.3) is 0 Å². The van der Waals surface area contributed by atoms with Gasteiger partial charge in [-0.15, -0.1) is 0 Å². The molecule has 158 valence electrons. The fourth-order valence-corrected chi connectivity index (χ4v) is 4.68. The van der Waals surface area contributed by atoms with Crippen molar-refractivity contribution >= 4 is 27.7 Å². The molecule has 30 heavy (non-hydrogen) atoms. The van der Waals surface area contributed by atoms with Gasteiger partial charge in [-0.25, -0.2) is 18.5 Å². The Morgan fingerprint density at radius 2 is 1.93 bits per heavy atom. The van der Waals surface area contributed by atoms with Crippen LogP contribution in [0.4, 0.5) is 0 Å². The van der Waals surface area contributed by atoms with Crippen molar-refractivity contribution < 1.29 is 13.2 Å². The number of pyridine rings is 1. The molecule has 0 bridgehead atoms. The van der Waals surface area contributed by atoms with Crippen LogP contribution in [0.5, 0.6) is 0 Å². The Balaban J connectivity index is 1.51. The minimum absolute atomic E-state index is 0.0632. The van der Waals surface area contributed by atoms with Crippen LogP contribution in [0.2, 0.25) is 0 Å². The van der Waals surface area contributed by atoms with E-state index in [0.717, 1.165) is 42.5 Å². The number of hydrogen-bond donors (Lipinski definition) is 2. The van der Waals surface area contributed by atoms with Crippen LogP contribution in [0.15, 0.2) is 40.3 Å². The van der Waals surface area contributed by atoms with Gasteiger partial charge in [0, 0.05) is 12.2 Å². The highest BCUT2D eigenvalue weighted by Gasteiger charge is 2.15. The number of nitrogens with zero attached hydrogens (tertiary/aromatic N) is 2. The van der Waals surface area contributed by atoms with E-state index >= 15 is 0 Å². The normalized spacial score (nSPS) is 13.7. The van der Waals surface area contributed by atoms with Gasteiger partial charge in [0.15, 0.2) is 0 Å². The van der Waals surface area contributed by atoms with Gasteiger partial charge in [0.05, 0.1) is 16.2 Å². The largest absolute Gasteiger partial charge is 0.355 e. The summed E-state index contributed by atoms with van der Waals surface area (Å²) in [6.07, 6.45) is 5.86. The van der Waals surface area contributed by atoms with Crippen molar-refractivity contribution in [2.75, 3.05) is 12.3 Å². The number of carbonyl (C=O) groups is 1. The molecule has 7 nitrogen and oxygen atoms in total. The molecule has 1 aromatic heterocycles. The highest BCUT2D eigenvalue weighted by Crippen LogP contribution is 2.26. The molecule has 0 aliphatic heterocycles. The van der Waals surface area contributed by atoms with Crippen molar-refractivity contribution in [3.63, 3.8) is 0 Å². The Bertz CT molecular complexity index is 1060. The first kappa shape index (κ1) is 22.3. The molecule has 1 aliphatic rings. The van der Waals surface area contributed by atoms with Gasteiger partial charge in [0.2, 0.25) is 15.9 Å². The number of aromatic nitrogens is 1. The Labute approximate surface area is 181 Å². The SMILES string of the molecule is N#Cc1cc2c(nc1SCC(=O)NCCc1ccc(S(N)(=O)=O)cc1)CCCCC2. The van der Waals surface area contributed by atoms with Crippen LogP contribution in [0.1, 0.15) is 41.6 Å². The van der Waals surface area contributed by atoms with Crippen molar-refractivity contribution in [1.29, 1.82) is 5.26 Å². The lowest BCUT2D eigenvalue weighted by Crippen LogP contribution is -2.27. The number of nitrogens with two attached hydrogens (primary N) is 1. The minimum atomic E-state index is -3.70. The van der Waals surface area contributed by atoms with Crippen molar-refractivity contribution in [1.82, 2.24) is 10.3 Å². The lowest BCUT2D eigenvalue weighted by Gasteiger charge is -2.10. The monoisotopic (exact) mass is 444 g/mol. The lowest BCUT2D eigenvalue weighted by molar-refractivity contribution is -0.118. The van der Waals surface area contributed by atoms with Gasteiger partial charge < -0.3 is 5.32 Å². The summed E-state index contributed by atoms with van der Waals surface area (Å²) >= 11 is 1.28. The van der Waals surface area contributed by atoms with Gasteiger partial charge in [0.1, 0.15) is 11.1 Å². The maximum Gasteiger partial charge on any atom is 0.238 e. The summed E-state index contributed by atoms with van der Waals surface area (Å²) in [5, 5.41) is 18.0. The summed E-state index contributed by atoms with van der Waals surface area (Å²) < 4.78 is 22.5. The molecular weight excluding hydrogens is 420 g/mol. The number of fused-ring (bicyclic) bond motifs is 1. The van der Waals surface area contributed by atoms with Gasteiger partial charge in [-0.3, -0.25) is 4.79 Å². The second kappa shape index (κ2) is 10.1. The van der Waals surface area contributed by atoms with E-state index in [1.807, 2.05) is 6.07 Å². The zero-order chi connectivity index (χ0) is 21.6. The fourth-order valence-electron chi connectivity index (χ4n) is 3.36. The summed E-state index contributed by atoms with van der Waals surface area (Å²) in [6.45, 7) is 0.427. The molecule has 3 N–H and O–H groups in total. The quantitative estimate of drug-likeness (QED) is 0.499. The number of nitriles is 1. The van der Waals surface area contributed by atoms with Gasteiger partial charge >= 0.3 is 0 Å². The zero-order valence-electron chi connectivity index (χ0n) is 16.6. The van der Waals surface area contributed by atoms with Crippen molar-refractivity contribution in [3.05, 3.63) is 52.7 Å². The van der Waals surface area contributed by atoms with E-state index in [4.69, 9.17) is 5.14 Å². The number of carbonyl (C=O) groups excluding carboxylic acids is 1. The number of amides is 1. The second-order valence-electron chi connectivity index (χ2n) is 7.20. The average Bonchev–Trinajstić information content (AvgIpc) is 2.96. The highest BCUT2D eigenvalue weighted by atomic mass is 32.2. The number of aryl methyl sites for hydroxylation is 2. The Morgan fingerprint density at radius 1 is 1.20 bits per heavy atom. The number of hydrogen-bond acceptors (Lipinski definition) is 6. The number of primary sulfonamides is 1. The summed E-state index contributed by atoms with van der Waals surface area (Å²) in [4.78, 5) is 16.9. The van der Waals surface area contributed by atoms with E-state index in [1.54, 1.807) is 12.1 Å². The van der Waals surface area contributed by atoms with Crippen LogP contribution >= 0.6 is 11.8 Å². The summed E-state index contributed by atoms with van der Waals surface area (Å²) in [6, 6.07) is 10.4. The number of sulfonamides is 1. The predicted octanol–water partition coefficient (Wildman–Crippen LogP) is 2.32. The van der Waals surface area contributed by atoms with Crippen LogP contribution in [0.3, 0.4) is 0 Å². The molecule has 1 heterocycles. The third-order valence-electron chi connectivity index (χ3n) is 4.96. The maximum absolute atomic E-state index is 12.2. The standard InChI is InChI=1S/C21H24N4O3S2/c22-13-17-12-16-4-2-1-3-5-19(16)25-21(17)29-14-20(26)24-11-10-15-6-8-18(9-7-15)30(23,27)28/h6-9,12H,1-5,10-11,14H2,(H,24,26)(H2,23,27,28). The van der Waals surface area contributed by atoms with Crippen molar-refractivity contribution in [2.45, 2.75) is 48.4 Å². The topological polar surface area (TPSA) is 126 Å². The molecule has 0 fully saturated rings.